The van der Waals surface area contributed by atoms with Crippen molar-refractivity contribution in [3.63, 3.8) is 0 Å². The molecule has 4 rings (SSSR count). The number of carbonyl (C=O) groups is 1. The van der Waals surface area contributed by atoms with Gasteiger partial charge in [0.25, 0.3) is 0 Å². The Bertz CT molecular complexity index is 901. The highest BCUT2D eigenvalue weighted by atomic mass is 16.5. The lowest BCUT2D eigenvalue weighted by molar-refractivity contribution is -0.135. The summed E-state index contributed by atoms with van der Waals surface area (Å²) in [4.78, 5) is 25.0. The number of aromatic nitrogens is 3. The molecule has 2 fully saturated rings. The molecule has 2 aromatic rings. The molecule has 168 valence electrons. The maximum atomic E-state index is 13.3. The molecule has 0 aromatic carbocycles. The van der Waals surface area contributed by atoms with Crippen LogP contribution in [-0.4, -0.2) is 32.5 Å². The minimum atomic E-state index is -0.0109. The number of hydrogen-bond acceptors (Lipinski definition) is 5. The monoisotopic (exact) mass is 424 g/mol. The van der Waals surface area contributed by atoms with E-state index in [1.807, 2.05) is 20.0 Å². The van der Waals surface area contributed by atoms with E-state index in [1.54, 1.807) is 0 Å². The van der Waals surface area contributed by atoms with Crippen LogP contribution >= 0.6 is 0 Å². The second kappa shape index (κ2) is 9.92. The molecule has 1 saturated carbocycles. The van der Waals surface area contributed by atoms with Gasteiger partial charge in [0.1, 0.15) is 5.82 Å². The topological polar surface area (TPSA) is 72.1 Å². The van der Waals surface area contributed by atoms with E-state index in [4.69, 9.17) is 9.51 Å². The Balaban J connectivity index is 1.64. The number of aryl methyl sites for hydroxylation is 2. The fraction of sp³-hybridized carbons (Fsp3) is 0.680. The first-order chi connectivity index (χ1) is 15.1. The van der Waals surface area contributed by atoms with Crippen molar-refractivity contribution in [2.75, 3.05) is 6.54 Å². The fourth-order valence-corrected chi connectivity index (χ4v) is 5.16. The van der Waals surface area contributed by atoms with E-state index in [1.165, 1.54) is 25.7 Å². The maximum Gasteiger partial charge on any atom is 0.223 e. The van der Waals surface area contributed by atoms with E-state index >= 15 is 0 Å². The van der Waals surface area contributed by atoms with Gasteiger partial charge in [0, 0.05) is 31.1 Å². The molecule has 2 aromatic heterocycles. The molecular formula is C25H36N4O2. The minimum absolute atomic E-state index is 0.0109. The normalized spacial score (nSPS) is 19.8. The van der Waals surface area contributed by atoms with Gasteiger partial charge in [0.05, 0.1) is 23.0 Å². The van der Waals surface area contributed by atoms with Crippen LogP contribution in [0.2, 0.25) is 0 Å². The summed E-state index contributed by atoms with van der Waals surface area (Å²) >= 11 is 0. The molecule has 3 heterocycles. The van der Waals surface area contributed by atoms with Crippen LogP contribution in [0.4, 0.5) is 0 Å². The number of likely N-dealkylation sites (tertiary alicyclic amines) is 1. The number of amides is 1. The lowest BCUT2D eigenvalue weighted by Gasteiger charge is -2.36. The summed E-state index contributed by atoms with van der Waals surface area (Å²) in [6, 6.07) is -0.0109. The van der Waals surface area contributed by atoms with Crippen molar-refractivity contribution >= 4 is 5.91 Å². The van der Waals surface area contributed by atoms with Crippen molar-refractivity contribution in [2.45, 2.75) is 97.4 Å². The van der Waals surface area contributed by atoms with Gasteiger partial charge in [-0.1, -0.05) is 37.8 Å². The van der Waals surface area contributed by atoms with Crippen molar-refractivity contribution in [1.82, 2.24) is 20.0 Å². The predicted octanol–water partition coefficient (Wildman–Crippen LogP) is 5.72. The summed E-state index contributed by atoms with van der Waals surface area (Å²) in [6.07, 6.45) is 13.7. The quantitative estimate of drug-likeness (QED) is 0.568. The Morgan fingerprint density at radius 2 is 1.94 bits per heavy atom. The Kier molecular flexibility index (Phi) is 7.03. The Morgan fingerprint density at radius 3 is 2.65 bits per heavy atom. The third kappa shape index (κ3) is 4.83. The molecule has 1 saturated heterocycles. The number of nitrogens with zero attached hydrogens (tertiary/aromatic N) is 4. The lowest BCUT2D eigenvalue weighted by Crippen LogP contribution is -2.39. The summed E-state index contributed by atoms with van der Waals surface area (Å²) in [5.74, 6) is 2.60. The first kappa shape index (κ1) is 22.0. The maximum absolute atomic E-state index is 13.3. The first-order valence-electron chi connectivity index (χ1n) is 12.2. The molecule has 0 spiro atoms. The summed E-state index contributed by atoms with van der Waals surface area (Å²) in [7, 11) is 0. The molecular weight excluding hydrogens is 388 g/mol. The zero-order chi connectivity index (χ0) is 21.8. The van der Waals surface area contributed by atoms with Crippen molar-refractivity contribution in [3.05, 3.63) is 29.0 Å². The Hall–Kier alpha value is -2.24. The van der Waals surface area contributed by atoms with E-state index < -0.39 is 0 Å². The first-order valence-corrected chi connectivity index (χ1v) is 12.2. The molecule has 1 atom stereocenters. The van der Waals surface area contributed by atoms with Crippen LogP contribution in [0.15, 0.2) is 10.7 Å². The average Bonchev–Trinajstić information content (AvgIpc) is 3.43. The molecule has 1 aliphatic carbocycles. The molecule has 1 unspecified atom stereocenters. The largest absolute Gasteiger partial charge is 0.356 e. The van der Waals surface area contributed by atoms with Crippen molar-refractivity contribution in [2.24, 2.45) is 5.92 Å². The van der Waals surface area contributed by atoms with Crippen LogP contribution in [0.1, 0.15) is 99.9 Å². The highest BCUT2D eigenvalue weighted by Gasteiger charge is 2.33. The van der Waals surface area contributed by atoms with Gasteiger partial charge in [-0.3, -0.25) is 4.79 Å². The molecule has 2 aliphatic rings. The highest BCUT2D eigenvalue weighted by molar-refractivity contribution is 5.77. The van der Waals surface area contributed by atoms with Gasteiger partial charge in [-0.15, -0.1) is 0 Å². The second-order valence-electron chi connectivity index (χ2n) is 9.35. The van der Waals surface area contributed by atoms with Gasteiger partial charge in [0.15, 0.2) is 5.76 Å². The summed E-state index contributed by atoms with van der Waals surface area (Å²) < 4.78 is 5.69. The number of piperidine rings is 1. The number of rotatable bonds is 7. The zero-order valence-corrected chi connectivity index (χ0v) is 19.3. The molecule has 0 N–H and O–H groups in total. The Labute approximate surface area is 185 Å². The molecule has 31 heavy (non-hydrogen) atoms. The molecule has 6 nitrogen and oxygen atoms in total. The summed E-state index contributed by atoms with van der Waals surface area (Å²) in [5, 5.41) is 4.15. The third-order valence-electron chi connectivity index (χ3n) is 7.12. The van der Waals surface area contributed by atoms with Gasteiger partial charge in [-0.05, 0) is 51.9 Å². The van der Waals surface area contributed by atoms with E-state index in [0.717, 1.165) is 85.1 Å². The standard InChI is InChI=1S/C25H36N4O2/c1-4-9-22-26-16-20(25-17(2)18(3)28-31-25)24(27-22)21-12-7-8-15-29(21)23(30)14-13-19-10-5-6-11-19/h16,19,21H,4-15H2,1-3H3. The van der Waals surface area contributed by atoms with Crippen LogP contribution in [0.5, 0.6) is 0 Å². The van der Waals surface area contributed by atoms with E-state index in [0.29, 0.717) is 6.42 Å². The van der Waals surface area contributed by atoms with E-state index in [-0.39, 0.29) is 11.9 Å². The van der Waals surface area contributed by atoms with Crippen LogP contribution in [-0.2, 0) is 11.2 Å². The van der Waals surface area contributed by atoms with Gasteiger partial charge in [-0.2, -0.15) is 0 Å². The van der Waals surface area contributed by atoms with Gasteiger partial charge >= 0.3 is 0 Å². The van der Waals surface area contributed by atoms with Crippen molar-refractivity contribution in [3.8, 4) is 11.3 Å². The van der Waals surface area contributed by atoms with Crippen LogP contribution in [0.25, 0.3) is 11.3 Å². The number of carbonyl (C=O) groups excluding carboxylic acids is 1. The summed E-state index contributed by atoms with van der Waals surface area (Å²) in [6.45, 7) is 6.93. The van der Waals surface area contributed by atoms with Crippen molar-refractivity contribution in [1.29, 1.82) is 0 Å². The van der Waals surface area contributed by atoms with Gasteiger partial charge in [0.2, 0.25) is 5.91 Å². The highest BCUT2D eigenvalue weighted by Crippen LogP contribution is 2.38. The second-order valence-corrected chi connectivity index (χ2v) is 9.35. The SMILES string of the molecule is CCCc1ncc(-c2onc(C)c2C)c(C2CCCCN2C(=O)CCC2CCCC2)n1. The molecule has 1 aliphatic heterocycles. The van der Waals surface area contributed by atoms with E-state index in [9.17, 15) is 4.79 Å². The predicted molar refractivity (Wildman–Crippen MR) is 120 cm³/mol. The smallest absolute Gasteiger partial charge is 0.223 e. The van der Waals surface area contributed by atoms with Gasteiger partial charge < -0.3 is 9.42 Å². The van der Waals surface area contributed by atoms with E-state index in [2.05, 4.69) is 22.0 Å². The Morgan fingerprint density at radius 1 is 1.16 bits per heavy atom. The molecule has 0 radical (unpaired) electrons. The molecule has 1 amide bonds. The third-order valence-corrected chi connectivity index (χ3v) is 7.12. The van der Waals surface area contributed by atoms with Crippen LogP contribution < -0.4 is 0 Å². The molecule has 6 heteroatoms. The lowest BCUT2D eigenvalue weighted by atomic mass is 9.93. The minimum Gasteiger partial charge on any atom is -0.356 e. The van der Waals surface area contributed by atoms with Crippen molar-refractivity contribution < 1.29 is 9.32 Å². The average molecular weight is 425 g/mol. The number of hydrogen-bond donors (Lipinski definition) is 0. The van der Waals surface area contributed by atoms with Crippen LogP contribution in [0, 0.1) is 19.8 Å². The summed E-state index contributed by atoms with van der Waals surface area (Å²) in [5.41, 5.74) is 3.72. The zero-order valence-electron chi connectivity index (χ0n) is 19.3. The molecule has 0 bridgehead atoms. The van der Waals surface area contributed by atoms with Gasteiger partial charge in [-0.25, -0.2) is 9.97 Å². The fourth-order valence-electron chi connectivity index (χ4n) is 5.16. The van der Waals surface area contributed by atoms with Crippen LogP contribution in [0.3, 0.4) is 0 Å².